The Morgan fingerprint density at radius 3 is 2.80 bits per heavy atom. The van der Waals surface area contributed by atoms with E-state index in [1.807, 2.05) is 12.5 Å². The lowest BCUT2D eigenvalue weighted by Gasteiger charge is -2.59. The molecule has 3 fully saturated rings. The van der Waals surface area contributed by atoms with Crippen LogP contribution >= 0.6 is 0 Å². The summed E-state index contributed by atoms with van der Waals surface area (Å²) in [5.41, 5.74) is 3.70. The molecule has 6 unspecified atom stereocenters. The molecule has 1 heterocycles. The summed E-state index contributed by atoms with van der Waals surface area (Å²) in [5.74, 6) is 2.26. The van der Waals surface area contributed by atoms with Crippen LogP contribution in [0.1, 0.15) is 58.8 Å². The van der Waals surface area contributed by atoms with E-state index in [-0.39, 0.29) is 11.5 Å². The van der Waals surface area contributed by atoms with Crippen molar-refractivity contribution in [3.63, 3.8) is 0 Å². The van der Waals surface area contributed by atoms with Crippen LogP contribution in [0.15, 0.2) is 36.4 Å². The van der Waals surface area contributed by atoms with Crippen molar-refractivity contribution in [1.82, 2.24) is 9.55 Å². The normalized spacial score (nSPS) is 45.9. The fourth-order valence-corrected chi connectivity index (χ4v) is 6.98. The second-order valence-corrected chi connectivity index (χ2v) is 9.44. The number of aliphatic hydroxyl groups is 1. The zero-order valence-electron chi connectivity index (χ0n) is 15.5. The quantitative estimate of drug-likeness (QED) is 0.809. The second kappa shape index (κ2) is 5.33. The van der Waals surface area contributed by atoms with Crippen molar-refractivity contribution in [2.45, 2.75) is 64.9 Å². The Morgan fingerprint density at radius 1 is 1.12 bits per heavy atom. The van der Waals surface area contributed by atoms with E-state index in [1.54, 1.807) is 5.57 Å². The van der Waals surface area contributed by atoms with Gasteiger partial charge in [-0.3, -0.25) is 0 Å². The van der Waals surface area contributed by atoms with Crippen LogP contribution in [0, 0.1) is 28.6 Å². The van der Waals surface area contributed by atoms with Crippen LogP contribution in [0.3, 0.4) is 0 Å². The Morgan fingerprint density at radius 2 is 2.00 bits per heavy atom. The first-order valence-electron chi connectivity index (χ1n) is 10.1. The third kappa shape index (κ3) is 2.11. The SMILES string of the molecule is CC12CCC3C(CCC4CC(O)CCC43C)C1=CC=C2n1ccnc1. The number of imidazole rings is 1. The maximum absolute atomic E-state index is 10.2. The van der Waals surface area contributed by atoms with Gasteiger partial charge in [0.1, 0.15) is 0 Å². The van der Waals surface area contributed by atoms with Crippen LogP contribution in [-0.2, 0) is 0 Å². The van der Waals surface area contributed by atoms with Gasteiger partial charge in [0.2, 0.25) is 0 Å². The molecule has 0 amide bonds. The van der Waals surface area contributed by atoms with Gasteiger partial charge >= 0.3 is 0 Å². The van der Waals surface area contributed by atoms with Crippen molar-refractivity contribution >= 4 is 5.70 Å². The molecule has 0 spiro atoms. The lowest BCUT2D eigenvalue weighted by Crippen LogP contribution is -2.51. The van der Waals surface area contributed by atoms with E-state index in [2.05, 4.69) is 41.7 Å². The molecule has 3 saturated carbocycles. The lowest BCUT2D eigenvalue weighted by atomic mass is 9.46. The highest BCUT2D eigenvalue weighted by Crippen LogP contribution is 2.65. The molecule has 0 saturated heterocycles. The fraction of sp³-hybridized carbons (Fsp3) is 0.682. The number of allylic oxidation sites excluding steroid dienone is 4. The Kier molecular flexibility index (Phi) is 3.38. The van der Waals surface area contributed by atoms with E-state index in [0.717, 1.165) is 30.6 Å². The van der Waals surface area contributed by atoms with Gasteiger partial charge in [-0.05, 0) is 74.2 Å². The number of aromatic nitrogens is 2. The standard InChI is InChI=1S/C22H30N2O/c1-21-9-7-16(25)13-15(21)3-4-17-18-5-6-20(24-12-11-23-14-24)22(18,2)10-8-19(17)21/h5-6,11-12,14-17,19,25H,3-4,7-10,13H2,1-2H3. The maximum atomic E-state index is 10.2. The highest BCUT2D eigenvalue weighted by atomic mass is 16.3. The number of fused-ring (bicyclic) bond motifs is 5. The number of nitrogens with zero attached hydrogens (tertiary/aromatic N) is 2. The maximum Gasteiger partial charge on any atom is 0.0989 e. The van der Waals surface area contributed by atoms with Crippen LogP contribution in [0.5, 0.6) is 0 Å². The predicted molar refractivity (Wildman–Crippen MR) is 99.6 cm³/mol. The molecule has 0 aromatic carbocycles. The van der Waals surface area contributed by atoms with E-state index in [9.17, 15) is 5.11 Å². The second-order valence-electron chi connectivity index (χ2n) is 9.44. The van der Waals surface area contributed by atoms with Gasteiger partial charge in [-0.2, -0.15) is 0 Å². The Hall–Kier alpha value is -1.35. The van der Waals surface area contributed by atoms with E-state index < -0.39 is 0 Å². The molecule has 3 heteroatoms. The van der Waals surface area contributed by atoms with Crippen molar-refractivity contribution in [3.8, 4) is 0 Å². The van der Waals surface area contributed by atoms with E-state index in [0.29, 0.717) is 5.41 Å². The summed E-state index contributed by atoms with van der Waals surface area (Å²) in [6.07, 6.45) is 19.1. The van der Waals surface area contributed by atoms with E-state index in [1.165, 1.54) is 37.8 Å². The highest BCUT2D eigenvalue weighted by Gasteiger charge is 2.56. The minimum absolute atomic E-state index is 0.0521. The van der Waals surface area contributed by atoms with Crippen LogP contribution < -0.4 is 0 Å². The molecule has 5 rings (SSSR count). The van der Waals surface area contributed by atoms with Crippen molar-refractivity contribution in [1.29, 1.82) is 0 Å². The summed E-state index contributed by atoms with van der Waals surface area (Å²) < 4.78 is 2.22. The van der Waals surface area contributed by atoms with Crippen molar-refractivity contribution in [2.24, 2.45) is 28.6 Å². The van der Waals surface area contributed by atoms with Gasteiger partial charge in [-0.25, -0.2) is 4.98 Å². The van der Waals surface area contributed by atoms with Gasteiger partial charge in [0.15, 0.2) is 0 Å². The van der Waals surface area contributed by atoms with Crippen molar-refractivity contribution < 1.29 is 5.11 Å². The van der Waals surface area contributed by atoms with Gasteiger partial charge in [0, 0.05) is 23.5 Å². The van der Waals surface area contributed by atoms with E-state index >= 15 is 0 Å². The largest absolute Gasteiger partial charge is 0.393 e. The summed E-state index contributed by atoms with van der Waals surface area (Å²) in [5, 5.41) is 10.2. The predicted octanol–water partition coefficient (Wildman–Crippen LogP) is 4.66. The lowest BCUT2D eigenvalue weighted by molar-refractivity contribution is -0.0786. The molecule has 1 aromatic heterocycles. The Bertz CT molecular complexity index is 733. The molecule has 0 radical (unpaired) electrons. The van der Waals surface area contributed by atoms with Gasteiger partial charge in [-0.15, -0.1) is 0 Å². The summed E-state index contributed by atoms with van der Waals surface area (Å²) in [7, 11) is 0. The monoisotopic (exact) mass is 338 g/mol. The Labute approximate surface area is 150 Å². The summed E-state index contributed by atoms with van der Waals surface area (Å²) in [6, 6.07) is 0. The molecule has 0 bridgehead atoms. The minimum Gasteiger partial charge on any atom is -0.393 e. The molecular weight excluding hydrogens is 308 g/mol. The van der Waals surface area contributed by atoms with Crippen LogP contribution in [-0.4, -0.2) is 20.8 Å². The summed E-state index contributed by atoms with van der Waals surface area (Å²) >= 11 is 0. The number of rotatable bonds is 1. The number of aliphatic hydroxyl groups excluding tert-OH is 1. The zero-order valence-corrected chi connectivity index (χ0v) is 15.5. The Balaban J connectivity index is 1.46. The molecule has 6 atom stereocenters. The molecule has 3 nitrogen and oxygen atoms in total. The third-order valence-electron chi connectivity index (χ3n) is 8.42. The first-order chi connectivity index (χ1) is 12.0. The van der Waals surface area contributed by atoms with E-state index in [4.69, 9.17) is 0 Å². The molecular formula is C22H30N2O. The molecule has 25 heavy (non-hydrogen) atoms. The van der Waals surface area contributed by atoms with Crippen LogP contribution in [0.2, 0.25) is 0 Å². The molecule has 1 N–H and O–H groups in total. The topological polar surface area (TPSA) is 38.0 Å². The van der Waals surface area contributed by atoms with Gasteiger partial charge in [0.05, 0.1) is 12.4 Å². The zero-order chi connectivity index (χ0) is 17.2. The van der Waals surface area contributed by atoms with Crippen LogP contribution in [0.4, 0.5) is 0 Å². The van der Waals surface area contributed by atoms with Gasteiger partial charge in [0.25, 0.3) is 0 Å². The highest BCUT2D eigenvalue weighted by molar-refractivity contribution is 5.66. The van der Waals surface area contributed by atoms with Gasteiger partial charge in [-0.1, -0.05) is 25.5 Å². The smallest absolute Gasteiger partial charge is 0.0989 e. The average Bonchev–Trinajstić information content (AvgIpc) is 3.22. The molecule has 0 aliphatic heterocycles. The molecule has 4 aliphatic carbocycles. The average molecular weight is 338 g/mol. The summed E-state index contributed by atoms with van der Waals surface area (Å²) in [4.78, 5) is 4.26. The molecule has 4 aliphatic rings. The summed E-state index contributed by atoms with van der Waals surface area (Å²) in [6.45, 7) is 5.00. The molecule has 134 valence electrons. The number of hydrogen-bond donors (Lipinski definition) is 1. The van der Waals surface area contributed by atoms with Crippen molar-refractivity contribution in [3.05, 3.63) is 36.4 Å². The molecule has 1 aromatic rings. The third-order valence-corrected chi connectivity index (χ3v) is 8.42. The number of hydrogen-bond acceptors (Lipinski definition) is 2. The van der Waals surface area contributed by atoms with Gasteiger partial charge < -0.3 is 9.67 Å². The first kappa shape index (κ1) is 15.9. The first-order valence-corrected chi connectivity index (χ1v) is 10.1. The minimum atomic E-state index is -0.0521. The fourth-order valence-electron chi connectivity index (χ4n) is 6.98. The van der Waals surface area contributed by atoms with Crippen molar-refractivity contribution in [2.75, 3.05) is 0 Å². The van der Waals surface area contributed by atoms with Crippen LogP contribution in [0.25, 0.3) is 5.70 Å².